The normalized spacial score (nSPS) is 18.0. The molecule has 1 amide bonds. The summed E-state index contributed by atoms with van der Waals surface area (Å²) in [7, 11) is 0. The summed E-state index contributed by atoms with van der Waals surface area (Å²) in [6, 6.07) is 14.8. The Morgan fingerprint density at radius 3 is 2.52 bits per heavy atom. The smallest absolute Gasteiger partial charge is 0.220 e. The summed E-state index contributed by atoms with van der Waals surface area (Å²) < 4.78 is 1.80. The van der Waals surface area contributed by atoms with Crippen LogP contribution < -0.4 is 10.2 Å². The molecule has 2 aliphatic heterocycles. The number of hydrogen-bond acceptors (Lipinski definition) is 6. The van der Waals surface area contributed by atoms with Crippen molar-refractivity contribution in [2.24, 2.45) is 0 Å². The molecule has 4 heterocycles. The van der Waals surface area contributed by atoms with Crippen molar-refractivity contribution < 1.29 is 4.79 Å². The molecule has 0 spiro atoms. The fraction of sp³-hybridized carbons (Fsp3) is 0.520. The fourth-order valence-corrected chi connectivity index (χ4v) is 4.87. The van der Waals surface area contributed by atoms with E-state index in [1.165, 1.54) is 24.8 Å². The fourth-order valence-electron chi connectivity index (χ4n) is 4.87. The van der Waals surface area contributed by atoms with Gasteiger partial charge < -0.3 is 10.2 Å². The van der Waals surface area contributed by atoms with Crippen molar-refractivity contribution in [1.29, 1.82) is 0 Å². The van der Waals surface area contributed by atoms with Gasteiger partial charge in [-0.2, -0.15) is 4.52 Å². The summed E-state index contributed by atoms with van der Waals surface area (Å²) in [5.74, 6) is 1.80. The third-order valence-corrected chi connectivity index (χ3v) is 6.77. The summed E-state index contributed by atoms with van der Waals surface area (Å²) in [6.45, 7) is 5.09. The van der Waals surface area contributed by atoms with E-state index in [0.717, 1.165) is 62.9 Å². The first kappa shape index (κ1) is 21.8. The molecule has 1 N–H and O–H groups in total. The molecule has 0 atom stereocenters. The SMILES string of the molecule is O=C(CCc1nnc2ccc(N3CCCCC3)nn12)NC1CCN(Cc2ccccc2)CC1. The summed E-state index contributed by atoms with van der Waals surface area (Å²) in [6.07, 6.45) is 6.63. The molecule has 8 heteroatoms. The first-order chi connectivity index (χ1) is 16.2. The first-order valence-corrected chi connectivity index (χ1v) is 12.3. The molecule has 0 radical (unpaired) electrons. The van der Waals surface area contributed by atoms with Gasteiger partial charge in [-0.15, -0.1) is 15.3 Å². The number of aromatic nitrogens is 4. The molecule has 2 aliphatic rings. The van der Waals surface area contributed by atoms with Crippen LogP contribution in [0.2, 0.25) is 0 Å². The number of anilines is 1. The average molecular weight is 448 g/mol. The number of nitrogens with one attached hydrogen (secondary N) is 1. The van der Waals surface area contributed by atoms with E-state index in [4.69, 9.17) is 5.10 Å². The van der Waals surface area contributed by atoms with Crippen molar-refractivity contribution in [1.82, 2.24) is 30.0 Å². The van der Waals surface area contributed by atoms with Crippen LogP contribution in [0.4, 0.5) is 5.82 Å². The van der Waals surface area contributed by atoms with Gasteiger partial charge in [-0.1, -0.05) is 30.3 Å². The quantitative estimate of drug-likeness (QED) is 0.600. The van der Waals surface area contributed by atoms with Crippen LogP contribution in [-0.2, 0) is 17.8 Å². The summed E-state index contributed by atoms with van der Waals surface area (Å²) in [4.78, 5) is 17.4. The van der Waals surface area contributed by atoms with Crippen LogP contribution in [0.25, 0.3) is 5.65 Å². The van der Waals surface area contributed by atoms with E-state index in [-0.39, 0.29) is 11.9 Å². The minimum Gasteiger partial charge on any atom is -0.355 e. The van der Waals surface area contributed by atoms with Crippen LogP contribution in [-0.4, -0.2) is 62.8 Å². The van der Waals surface area contributed by atoms with E-state index in [1.54, 1.807) is 4.52 Å². The van der Waals surface area contributed by atoms with E-state index < -0.39 is 0 Å². The Hall–Kier alpha value is -3.00. The molecular formula is C25H33N7O. The number of benzene rings is 1. The summed E-state index contributed by atoms with van der Waals surface area (Å²) in [5, 5.41) is 16.5. The number of likely N-dealkylation sites (tertiary alicyclic amines) is 1. The van der Waals surface area contributed by atoms with E-state index >= 15 is 0 Å². The maximum atomic E-state index is 12.6. The molecule has 5 rings (SSSR count). The van der Waals surface area contributed by atoms with Gasteiger partial charge in [0.25, 0.3) is 0 Å². The minimum atomic E-state index is 0.0837. The second-order valence-electron chi connectivity index (χ2n) is 9.23. The average Bonchev–Trinajstić information content (AvgIpc) is 3.27. The molecule has 3 aromatic rings. The van der Waals surface area contributed by atoms with Crippen LogP contribution in [0.3, 0.4) is 0 Å². The minimum absolute atomic E-state index is 0.0837. The van der Waals surface area contributed by atoms with Crippen LogP contribution in [0.15, 0.2) is 42.5 Å². The van der Waals surface area contributed by atoms with Crippen molar-refractivity contribution in [3.8, 4) is 0 Å². The molecule has 2 aromatic heterocycles. The predicted molar refractivity (Wildman–Crippen MR) is 128 cm³/mol. The lowest BCUT2D eigenvalue weighted by molar-refractivity contribution is -0.122. The zero-order valence-electron chi connectivity index (χ0n) is 19.2. The number of nitrogens with zero attached hydrogens (tertiary/aromatic N) is 6. The zero-order valence-corrected chi connectivity index (χ0v) is 19.2. The molecule has 0 bridgehead atoms. The largest absolute Gasteiger partial charge is 0.355 e. The van der Waals surface area contributed by atoms with Gasteiger partial charge in [-0.3, -0.25) is 9.69 Å². The Balaban J connectivity index is 1.11. The maximum Gasteiger partial charge on any atom is 0.220 e. The van der Waals surface area contributed by atoms with E-state index in [2.05, 4.69) is 55.6 Å². The third kappa shape index (κ3) is 5.50. The van der Waals surface area contributed by atoms with Crippen LogP contribution in [0.1, 0.15) is 49.9 Å². The standard InChI is InChI=1S/C25H33N7O/c33-25(26-21-13-17-30(18-14-21)19-20-7-3-1-4-8-20)12-11-23-28-27-22-9-10-24(29-32(22)23)31-15-5-2-6-16-31/h1,3-4,7-10,21H,2,5-6,11-19H2,(H,26,33). The monoisotopic (exact) mass is 447 g/mol. The molecule has 174 valence electrons. The van der Waals surface area contributed by atoms with Gasteiger partial charge in [0.1, 0.15) is 5.82 Å². The van der Waals surface area contributed by atoms with Crippen molar-refractivity contribution in [2.45, 2.75) is 57.5 Å². The first-order valence-electron chi connectivity index (χ1n) is 12.3. The number of amides is 1. The van der Waals surface area contributed by atoms with Gasteiger partial charge in [0.2, 0.25) is 5.91 Å². The molecule has 2 saturated heterocycles. The van der Waals surface area contributed by atoms with E-state index in [9.17, 15) is 4.79 Å². The van der Waals surface area contributed by atoms with Gasteiger partial charge in [0.15, 0.2) is 11.5 Å². The molecule has 8 nitrogen and oxygen atoms in total. The Bertz CT molecular complexity index is 1050. The highest BCUT2D eigenvalue weighted by Gasteiger charge is 2.21. The van der Waals surface area contributed by atoms with Crippen molar-refractivity contribution in [3.05, 3.63) is 53.9 Å². The van der Waals surface area contributed by atoms with Crippen molar-refractivity contribution >= 4 is 17.4 Å². The molecule has 0 aliphatic carbocycles. The Kier molecular flexibility index (Phi) is 6.81. The third-order valence-electron chi connectivity index (χ3n) is 6.77. The Labute approximate surface area is 195 Å². The van der Waals surface area contributed by atoms with Gasteiger partial charge in [-0.05, 0) is 49.8 Å². The highest BCUT2D eigenvalue weighted by Crippen LogP contribution is 2.18. The molecule has 33 heavy (non-hydrogen) atoms. The highest BCUT2D eigenvalue weighted by molar-refractivity contribution is 5.76. The number of carbonyl (C=O) groups excluding carboxylic acids is 1. The number of aryl methyl sites for hydroxylation is 1. The van der Waals surface area contributed by atoms with E-state index in [1.807, 2.05) is 12.1 Å². The Morgan fingerprint density at radius 1 is 0.939 bits per heavy atom. The number of carbonyl (C=O) groups is 1. The highest BCUT2D eigenvalue weighted by atomic mass is 16.1. The lowest BCUT2D eigenvalue weighted by Crippen LogP contribution is -2.44. The molecule has 0 unspecified atom stereocenters. The Morgan fingerprint density at radius 2 is 1.73 bits per heavy atom. The van der Waals surface area contributed by atoms with E-state index in [0.29, 0.717) is 12.8 Å². The number of rotatable bonds is 7. The number of piperidine rings is 2. The molecule has 2 fully saturated rings. The van der Waals surface area contributed by atoms with Gasteiger partial charge in [0, 0.05) is 51.6 Å². The van der Waals surface area contributed by atoms with Gasteiger partial charge in [-0.25, -0.2) is 0 Å². The van der Waals surface area contributed by atoms with Gasteiger partial charge >= 0.3 is 0 Å². The molecule has 0 saturated carbocycles. The molecular weight excluding hydrogens is 414 g/mol. The second kappa shape index (κ2) is 10.3. The zero-order chi connectivity index (χ0) is 22.5. The number of fused-ring (bicyclic) bond motifs is 1. The lowest BCUT2D eigenvalue weighted by Gasteiger charge is -2.32. The van der Waals surface area contributed by atoms with Crippen LogP contribution >= 0.6 is 0 Å². The summed E-state index contributed by atoms with van der Waals surface area (Å²) >= 11 is 0. The lowest BCUT2D eigenvalue weighted by atomic mass is 10.0. The van der Waals surface area contributed by atoms with Crippen molar-refractivity contribution in [3.63, 3.8) is 0 Å². The van der Waals surface area contributed by atoms with Crippen molar-refractivity contribution in [2.75, 3.05) is 31.1 Å². The second-order valence-corrected chi connectivity index (χ2v) is 9.23. The molecule has 1 aromatic carbocycles. The van der Waals surface area contributed by atoms with Crippen LogP contribution in [0.5, 0.6) is 0 Å². The topological polar surface area (TPSA) is 78.7 Å². The predicted octanol–water partition coefficient (Wildman–Crippen LogP) is 2.83. The van der Waals surface area contributed by atoms with Crippen LogP contribution in [0, 0.1) is 0 Å². The maximum absolute atomic E-state index is 12.6. The van der Waals surface area contributed by atoms with Gasteiger partial charge in [0.05, 0.1) is 0 Å². The number of hydrogen-bond donors (Lipinski definition) is 1. The summed E-state index contributed by atoms with van der Waals surface area (Å²) in [5.41, 5.74) is 2.08.